The molecule has 1 fully saturated rings. The lowest BCUT2D eigenvalue weighted by Gasteiger charge is -2.29. The number of nitrogens with zero attached hydrogens (tertiary/aromatic N) is 4. The summed E-state index contributed by atoms with van der Waals surface area (Å²) < 4.78 is 0. The highest BCUT2D eigenvalue weighted by Crippen LogP contribution is 2.29. The second-order valence-corrected chi connectivity index (χ2v) is 9.90. The lowest BCUT2D eigenvalue weighted by molar-refractivity contribution is 0.102. The molecule has 36 heavy (non-hydrogen) atoms. The van der Waals surface area contributed by atoms with Crippen molar-refractivity contribution >= 4 is 28.3 Å². The average molecular weight is 481 g/mol. The number of nitrogens with one attached hydrogen (secondary N) is 2. The SMILES string of the molecule is CC(C)Nc1cncc(-c2cnc3cnc(NC(=O)c4cccc(C5CCN(C)CC5)c4)cc3c2)c1. The van der Waals surface area contributed by atoms with Crippen molar-refractivity contribution in [2.45, 2.75) is 38.6 Å². The number of benzene rings is 1. The van der Waals surface area contributed by atoms with Gasteiger partial charge in [-0.1, -0.05) is 12.1 Å². The van der Waals surface area contributed by atoms with Crippen LogP contribution in [0.1, 0.15) is 48.5 Å². The topological polar surface area (TPSA) is 83.0 Å². The first-order chi connectivity index (χ1) is 17.4. The second-order valence-electron chi connectivity index (χ2n) is 9.90. The van der Waals surface area contributed by atoms with Gasteiger partial charge in [0.05, 0.1) is 17.4 Å². The van der Waals surface area contributed by atoms with E-state index in [0.717, 1.165) is 53.6 Å². The predicted molar refractivity (Wildman–Crippen MR) is 145 cm³/mol. The summed E-state index contributed by atoms with van der Waals surface area (Å²) in [6.45, 7) is 6.37. The van der Waals surface area contributed by atoms with Gasteiger partial charge in [0.2, 0.25) is 0 Å². The molecule has 0 bridgehead atoms. The van der Waals surface area contributed by atoms with E-state index in [1.165, 1.54) is 5.56 Å². The lowest BCUT2D eigenvalue weighted by atomic mass is 9.89. The molecule has 2 N–H and O–H groups in total. The van der Waals surface area contributed by atoms with Crippen LogP contribution in [-0.2, 0) is 0 Å². The zero-order chi connectivity index (χ0) is 25.1. The summed E-state index contributed by atoms with van der Waals surface area (Å²) in [5.41, 5.74) is 5.55. The van der Waals surface area contributed by atoms with Gasteiger partial charge in [-0.25, -0.2) is 4.98 Å². The summed E-state index contributed by atoms with van der Waals surface area (Å²) >= 11 is 0. The molecule has 4 aromatic rings. The van der Waals surface area contributed by atoms with Crippen LogP contribution >= 0.6 is 0 Å². The Bertz CT molecular complexity index is 1380. The fourth-order valence-electron chi connectivity index (χ4n) is 4.73. The number of carbonyl (C=O) groups excluding carboxylic acids is 1. The van der Waals surface area contributed by atoms with Gasteiger partial charge < -0.3 is 15.5 Å². The van der Waals surface area contributed by atoms with Gasteiger partial charge in [0.15, 0.2) is 0 Å². The average Bonchev–Trinajstić information content (AvgIpc) is 2.88. The number of hydrogen-bond donors (Lipinski definition) is 2. The smallest absolute Gasteiger partial charge is 0.256 e. The Morgan fingerprint density at radius 1 is 0.972 bits per heavy atom. The molecule has 0 spiro atoms. The van der Waals surface area contributed by atoms with Crippen molar-refractivity contribution in [2.24, 2.45) is 0 Å². The van der Waals surface area contributed by atoms with E-state index in [2.05, 4.69) is 69.6 Å². The van der Waals surface area contributed by atoms with Gasteiger partial charge in [-0.05, 0) is 88.6 Å². The third-order valence-corrected chi connectivity index (χ3v) is 6.67. The summed E-state index contributed by atoms with van der Waals surface area (Å²) in [4.78, 5) is 28.8. The number of likely N-dealkylation sites (tertiary alicyclic amines) is 1. The Kier molecular flexibility index (Phi) is 6.91. The maximum atomic E-state index is 13.1. The Hall–Kier alpha value is -3.84. The Labute approximate surface area is 212 Å². The normalized spacial score (nSPS) is 14.8. The molecule has 0 saturated carbocycles. The summed E-state index contributed by atoms with van der Waals surface area (Å²) in [7, 11) is 2.16. The Balaban J connectivity index is 1.35. The monoisotopic (exact) mass is 480 g/mol. The molecule has 184 valence electrons. The van der Waals surface area contributed by atoms with Crippen LogP contribution < -0.4 is 10.6 Å². The quantitative estimate of drug-likeness (QED) is 0.375. The van der Waals surface area contributed by atoms with Crippen LogP contribution in [0.5, 0.6) is 0 Å². The van der Waals surface area contributed by atoms with Gasteiger partial charge in [-0.15, -0.1) is 0 Å². The molecule has 1 saturated heterocycles. The number of anilines is 2. The van der Waals surface area contributed by atoms with E-state index in [-0.39, 0.29) is 5.91 Å². The molecule has 7 heteroatoms. The van der Waals surface area contributed by atoms with Crippen molar-refractivity contribution in [1.82, 2.24) is 19.9 Å². The Morgan fingerprint density at radius 2 is 1.78 bits per heavy atom. The maximum Gasteiger partial charge on any atom is 0.256 e. The van der Waals surface area contributed by atoms with Crippen molar-refractivity contribution in [1.29, 1.82) is 0 Å². The van der Waals surface area contributed by atoms with Gasteiger partial charge in [-0.2, -0.15) is 0 Å². The number of hydrogen-bond acceptors (Lipinski definition) is 6. The Morgan fingerprint density at radius 3 is 2.58 bits per heavy atom. The van der Waals surface area contributed by atoms with E-state index < -0.39 is 0 Å². The minimum atomic E-state index is -0.155. The van der Waals surface area contributed by atoms with Crippen LogP contribution in [0.15, 0.2) is 67.3 Å². The molecule has 0 atom stereocenters. The fraction of sp³-hybridized carbons (Fsp3) is 0.310. The second kappa shape index (κ2) is 10.4. The summed E-state index contributed by atoms with van der Waals surface area (Å²) in [6.07, 6.45) is 9.41. The number of fused-ring (bicyclic) bond motifs is 1. The molecule has 1 aliphatic rings. The van der Waals surface area contributed by atoms with Crippen molar-refractivity contribution < 1.29 is 4.79 Å². The van der Waals surface area contributed by atoms with Crippen LogP contribution in [0.25, 0.3) is 22.0 Å². The first kappa shape index (κ1) is 23.9. The standard InChI is InChI=1S/C29H32N6O/c1-19(2)33-26-13-25(15-30-17-26)24-12-23-14-28(32-18-27(23)31-16-24)34-29(36)22-6-4-5-21(11-22)20-7-9-35(3)10-8-20/h4-6,11-20,33H,7-10H2,1-3H3,(H,32,34,36). The van der Waals surface area contributed by atoms with E-state index in [4.69, 9.17) is 0 Å². The number of pyridine rings is 3. The molecule has 0 unspecified atom stereocenters. The molecule has 1 aromatic carbocycles. The van der Waals surface area contributed by atoms with Crippen molar-refractivity contribution in [2.75, 3.05) is 30.8 Å². The number of amides is 1. The maximum absolute atomic E-state index is 13.1. The summed E-state index contributed by atoms with van der Waals surface area (Å²) in [5, 5.41) is 7.25. The highest BCUT2D eigenvalue weighted by atomic mass is 16.1. The number of rotatable bonds is 6. The van der Waals surface area contributed by atoms with E-state index in [9.17, 15) is 4.79 Å². The van der Waals surface area contributed by atoms with Gasteiger partial charge in [0.1, 0.15) is 5.82 Å². The largest absolute Gasteiger partial charge is 0.382 e. The first-order valence-corrected chi connectivity index (χ1v) is 12.5. The van der Waals surface area contributed by atoms with Gasteiger partial charge in [0.25, 0.3) is 5.91 Å². The van der Waals surface area contributed by atoms with Crippen LogP contribution in [0.3, 0.4) is 0 Å². The van der Waals surface area contributed by atoms with Crippen molar-refractivity contribution in [3.05, 3.63) is 78.4 Å². The van der Waals surface area contributed by atoms with Crippen LogP contribution in [0.4, 0.5) is 11.5 Å². The zero-order valence-electron chi connectivity index (χ0n) is 21.0. The molecule has 7 nitrogen and oxygen atoms in total. The number of aromatic nitrogens is 3. The minimum absolute atomic E-state index is 0.155. The minimum Gasteiger partial charge on any atom is -0.382 e. The van der Waals surface area contributed by atoms with Crippen LogP contribution in [-0.4, -0.2) is 51.9 Å². The van der Waals surface area contributed by atoms with Crippen molar-refractivity contribution in [3.63, 3.8) is 0 Å². The van der Waals surface area contributed by atoms with E-state index >= 15 is 0 Å². The van der Waals surface area contributed by atoms with Crippen molar-refractivity contribution in [3.8, 4) is 11.1 Å². The highest BCUT2D eigenvalue weighted by Gasteiger charge is 2.19. The molecule has 5 rings (SSSR count). The van der Waals surface area contributed by atoms with E-state index in [0.29, 0.717) is 23.3 Å². The highest BCUT2D eigenvalue weighted by molar-refractivity contribution is 6.04. The van der Waals surface area contributed by atoms with Gasteiger partial charge >= 0.3 is 0 Å². The third-order valence-electron chi connectivity index (χ3n) is 6.67. The van der Waals surface area contributed by atoms with Crippen LogP contribution in [0, 0.1) is 0 Å². The zero-order valence-corrected chi connectivity index (χ0v) is 21.0. The van der Waals surface area contributed by atoms with E-state index in [1.54, 1.807) is 6.20 Å². The van der Waals surface area contributed by atoms with E-state index in [1.807, 2.05) is 42.9 Å². The summed E-state index contributed by atoms with van der Waals surface area (Å²) in [6, 6.07) is 14.3. The predicted octanol–water partition coefficient (Wildman–Crippen LogP) is 5.57. The molecule has 1 aliphatic heterocycles. The van der Waals surface area contributed by atoms with Gasteiger partial charge in [0, 0.05) is 46.7 Å². The van der Waals surface area contributed by atoms with Crippen LogP contribution in [0.2, 0.25) is 0 Å². The molecule has 1 amide bonds. The molecule has 0 aliphatic carbocycles. The molecular formula is C29H32N6O. The summed E-state index contributed by atoms with van der Waals surface area (Å²) in [5.74, 6) is 0.850. The molecule has 3 aromatic heterocycles. The molecule has 0 radical (unpaired) electrons. The van der Waals surface area contributed by atoms with Gasteiger partial charge in [-0.3, -0.25) is 14.8 Å². The first-order valence-electron chi connectivity index (χ1n) is 12.5. The fourth-order valence-corrected chi connectivity index (χ4v) is 4.73. The number of carbonyl (C=O) groups is 1. The number of piperidine rings is 1. The lowest BCUT2D eigenvalue weighted by Crippen LogP contribution is -2.29. The molecule has 4 heterocycles. The third kappa shape index (κ3) is 5.52. The molecular weight excluding hydrogens is 448 g/mol.